The van der Waals surface area contributed by atoms with Crippen molar-refractivity contribution in [1.82, 2.24) is 4.98 Å². The van der Waals surface area contributed by atoms with Crippen LogP contribution in [0.15, 0.2) is 41.4 Å². The Kier molecular flexibility index (Phi) is 3.79. The summed E-state index contributed by atoms with van der Waals surface area (Å²) < 4.78 is 23.8. The number of non-ortho nitro benzene ring substituents is 1. The largest absolute Gasteiger partial charge is 0.359 e. The van der Waals surface area contributed by atoms with Crippen molar-refractivity contribution in [3.05, 3.63) is 57.8 Å². The Morgan fingerprint density at radius 2 is 1.96 bits per heavy atom. The third-order valence-corrected chi connectivity index (χ3v) is 4.90. The van der Waals surface area contributed by atoms with Crippen molar-refractivity contribution in [3.63, 3.8) is 0 Å². The van der Waals surface area contributed by atoms with Gasteiger partial charge in [0.25, 0.3) is 5.69 Å². The molecule has 0 spiro atoms. The average Bonchev–Trinajstić information content (AvgIpc) is 2.98. The fraction of sp³-hybridized carbons (Fsp3) is 0.0625. The number of aromatic amines is 1. The number of nitriles is 1. The molecule has 1 heterocycles. The lowest BCUT2D eigenvalue weighted by molar-refractivity contribution is -0.384. The zero-order valence-electron chi connectivity index (χ0n) is 13.0. The highest BCUT2D eigenvalue weighted by Crippen LogP contribution is 2.36. The maximum atomic E-state index is 11.9. The van der Waals surface area contributed by atoms with Gasteiger partial charge in [0, 0.05) is 34.8 Å². The maximum absolute atomic E-state index is 11.9. The number of hydrogen-bond acceptors (Lipinski definition) is 5. The van der Waals surface area contributed by atoms with Crippen LogP contribution >= 0.6 is 0 Å². The normalized spacial score (nSPS) is 11.4. The summed E-state index contributed by atoms with van der Waals surface area (Å²) in [6.45, 7) is 1.81. The number of nitrogens with one attached hydrogen (secondary N) is 1. The van der Waals surface area contributed by atoms with Crippen molar-refractivity contribution in [2.24, 2.45) is 5.14 Å². The molecule has 0 amide bonds. The molecular formula is C16H12N4O4S. The van der Waals surface area contributed by atoms with E-state index in [4.69, 9.17) is 5.14 Å². The van der Waals surface area contributed by atoms with Gasteiger partial charge in [-0.05, 0) is 18.6 Å². The monoisotopic (exact) mass is 356 g/mol. The maximum Gasteiger partial charge on any atom is 0.270 e. The van der Waals surface area contributed by atoms with Crippen molar-refractivity contribution in [2.45, 2.75) is 11.8 Å². The first-order valence-corrected chi connectivity index (χ1v) is 8.61. The SMILES string of the molecule is Cc1ccc(-c2cc([N+](=O)[O-])ccc2S(N)(=O)=O)c2[nH]cc(C#N)c12. The minimum Gasteiger partial charge on any atom is -0.359 e. The number of nitrogens with two attached hydrogens (primary N) is 1. The Balaban J connectivity index is 2.44. The molecule has 2 aromatic carbocycles. The standard InChI is InChI=1S/C16H12N4O4S/c1-9-2-4-12(16-15(9)10(7-17)8-19-16)13-6-11(20(21)22)3-5-14(13)25(18,23)24/h2-6,8,19H,1H3,(H2,18,23,24). The molecule has 3 rings (SSSR count). The van der Waals surface area contributed by atoms with Crippen LogP contribution in [0.4, 0.5) is 5.69 Å². The van der Waals surface area contributed by atoms with E-state index in [9.17, 15) is 23.8 Å². The van der Waals surface area contributed by atoms with E-state index >= 15 is 0 Å². The Labute approximate surface area is 142 Å². The zero-order valence-corrected chi connectivity index (χ0v) is 13.8. The highest BCUT2D eigenvalue weighted by atomic mass is 32.2. The first kappa shape index (κ1) is 16.6. The van der Waals surface area contributed by atoms with E-state index in [2.05, 4.69) is 11.1 Å². The minimum atomic E-state index is -4.10. The molecule has 0 unspecified atom stereocenters. The van der Waals surface area contributed by atoms with Crippen LogP contribution in [-0.4, -0.2) is 18.3 Å². The van der Waals surface area contributed by atoms with Gasteiger partial charge in [0.05, 0.1) is 20.9 Å². The lowest BCUT2D eigenvalue weighted by Gasteiger charge is -2.10. The van der Waals surface area contributed by atoms with Gasteiger partial charge in [-0.2, -0.15) is 5.26 Å². The quantitative estimate of drug-likeness (QED) is 0.547. The van der Waals surface area contributed by atoms with Gasteiger partial charge in [0.2, 0.25) is 10.0 Å². The summed E-state index contributed by atoms with van der Waals surface area (Å²) in [5, 5.41) is 26.2. The second kappa shape index (κ2) is 5.70. The molecule has 0 atom stereocenters. The van der Waals surface area contributed by atoms with Crippen LogP contribution in [0.3, 0.4) is 0 Å². The smallest absolute Gasteiger partial charge is 0.270 e. The molecule has 0 bridgehead atoms. The van der Waals surface area contributed by atoms with Crippen molar-refractivity contribution in [3.8, 4) is 17.2 Å². The number of aryl methyl sites for hydroxylation is 1. The van der Waals surface area contributed by atoms with E-state index in [1.807, 2.05) is 6.92 Å². The molecule has 0 fully saturated rings. The molecule has 0 aliphatic rings. The molecule has 9 heteroatoms. The Morgan fingerprint density at radius 3 is 2.56 bits per heavy atom. The van der Waals surface area contributed by atoms with Crippen LogP contribution < -0.4 is 5.14 Å². The number of nitro benzene ring substituents is 1. The number of rotatable bonds is 3. The van der Waals surface area contributed by atoms with Gasteiger partial charge in [0.15, 0.2) is 0 Å². The zero-order chi connectivity index (χ0) is 18.4. The second-order valence-electron chi connectivity index (χ2n) is 5.48. The molecule has 3 N–H and O–H groups in total. The minimum absolute atomic E-state index is 0.105. The number of aromatic nitrogens is 1. The van der Waals surface area contributed by atoms with E-state index < -0.39 is 14.9 Å². The first-order chi connectivity index (χ1) is 11.7. The van der Waals surface area contributed by atoms with E-state index in [-0.39, 0.29) is 16.1 Å². The third kappa shape index (κ3) is 2.73. The molecule has 126 valence electrons. The van der Waals surface area contributed by atoms with E-state index in [0.29, 0.717) is 22.0 Å². The summed E-state index contributed by atoms with van der Waals surface area (Å²) in [7, 11) is -4.10. The van der Waals surface area contributed by atoms with Crippen LogP contribution in [0.2, 0.25) is 0 Å². The van der Waals surface area contributed by atoms with E-state index in [1.54, 1.807) is 12.1 Å². The summed E-state index contributed by atoms with van der Waals surface area (Å²) in [5.41, 5.74) is 1.99. The summed E-state index contributed by atoms with van der Waals surface area (Å²) in [6, 6.07) is 8.79. The molecule has 3 aromatic rings. The Hall–Kier alpha value is -3.22. The summed E-state index contributed by atoms with van der Waals surface area (Å²) >= 11 is 0. The summed E-state index contributed by atoms with van der Waals surface area (Å²) in [4.78, 5) is 13.2. The highest BCUT2D eigenvalue weighted by molar-refractivity contribution is 7.89. The molecule has 0 saturated carbocycles. The van der Waals surface area contributed by atoms with Gasteiger partial charge in [-0.25, -0.2) is 13.6 Å². The molecule has 0 aliphatic carbocycles. The number of benzene rings is 2. The van der Waals surface area contributed by atoms with Gasteiger partial charge < -0.3 is 4.98 Å². The number of fused-ring (bicyclic) bond motifs is 1. The predicted octanol–water partition coefficient (Wildman–Crippen LogP) is 2.57. The van der Waals surface area contributed by atoms with Gasteiger partial charge in [-0.1, -0.05) is 12.1 Å². The number of sulfonamides is 1. The lowest BCUT2D eigenvalue weighted by atomic mass is 9.98. The number of H-pyrrole nitrogens is 1. The fourth-order valence-electron chi connectivity index (χ4n) is 2.82. The van der Waals surface area contributed by atoms with Gasteiger partial charge in [-0.15, -0.1) is 0 Å². The number of primary sulfonamides is 1. The van der Waals surface area contributed by atoms with Crippen LogP contribution in [0.25, 0.3) is 22.0 Å². The van der Waals surface area contributed by atoms with Crippen LogP contribution in [0.5, 0.6) is 0 Å². The van der Waals surface area contributed by atoms with Crippen LogP contribution in [0.1, 0.15) is 11.1 Å². The van der Waals surface area contributed by atoms with Crippen LogP contribution in [0, 0.1) is 28.4 Å². The van der Waals surface area contributed by atoms with Crippen molar-refractivity contribution in [2.75, 3.05) is 0 Å². The third-order valence-electron chi connectivity index (χ3n) is 3.93. The van der Waals surface area contributed by atoms with Crippen LogP contribution in [-0.2, 0) is 10.0 Å². The molecule has 0 aliphatic heterocycles. The predicted molar refractivity (Wildman–Crippen MR) is 91.2 cm³/mol. The highest BCUT2D eigenvalue weighted by Gasteiger charge is 2.22. The number of nitro groups is 1. The number of hydrogen-bond donors (Lipinski definition) is 2. The van der Waals surface area contributed by atoms with Crippen molar-refractivity contribution >= 4 is 26.6 Å². The Morgan fingerprint density at radius 1 is 1.24 bits per heavy atom. The summed E-state index contributed by atoms with van der Waals surface area (Å²) in [6.07, 6.45) is 1.51. The van der Waals surface area contributed by atoms with Gasteiger partial charge in [0.1, 0.15) is 6.07 Å². The second-order valence-corrected chi connectivity index (χ2v) is 7.01. The van der Waals surface area contributed by atoms with Gasteiger partial charge >= 0.3 is 0 Å². The first-order valence-electron chi connectivity index (χ1n) is 7.06. The molecule has 0 saturated heterocycles. The van der Waals surface area contributed by atoms with Gasteiger partial charge in [-0.3, -0.25) is 10.1 Å². The van der Waals surface area contributed by atoms with E-state index in [0.717, 1.165) is 23.8 Å². The number of nitrogens with zero attached hydrogens (tertiary/aromatic N) is 2. The average molecular weight is 356 g/mol. The van der Waals surface area contributed by atoms with Crippen molar-refractivity contribution < 1.29 is 13.3 Å². The fourth-order valence-corrected chi connectivity index (χ4v) is 3.56. The lowest BCUT2D eigenvalue weighted by Crippen LogP contribution is -2.13. The molecule has 0 radical (unpaired) electrons. The molecular weight excluding hydrogens is 344 g/mol. The molecule has 1 aromatic heterocycles. The van der Waals surface area contributed by atoms with E-state index in [1.165, 1.54) is 6.20 Å². The molecule has 8 nitrogen and oxygen atoms in total. The summed E-state index contributed by atoms with van der Waals surface area (Å²) in [5.74, 6) is 0. The van der Waals surface area contributed by atoms with Crippen molar-refractivity contribution in [1.29, 1.82) is 5.26 Å². The molecule has 25 heavy (non-hydrogen) atoms. The Bertz CT molecular complexity index is 1170. The topological polar surface area (TPSA) is 143 Å².